The summed E-state index contributed by atoms with van der Waals surface area (Å²) in [4.78, 5) is 2.70. The van der Waals surface area contributed by atoms with Crippen molar-refractivity contribution in [3.05, 3.63) is 0 Å². The van der Waals surface area contributed by atoms with Gasteiger partial charge in [0.05, 0.1) is 0 Å². The quantitative estimate of drug-likeness (QED) is 0.672. The van der Waals surface area contributed by atoms with E-state index in [1.54, 1.807) is 0 Å². The van der Waals surface area contributed by atoms with Crippen molar-refractivity contribution in [2.75, 3.05) is 19.6 Å². The highest BCUT2D eigenvalue weighted by Crippen LogP contribution is 2.46. The van der Waals surface area contributed by atoms with E-state index in [-0.39, 0.29) is 0 Å². The van der Waals surface area contributed by atoms with Crippen molar-refractivity contribution in [1.29, 1.82) is 0 Å². The predicted molar refractivity (Wildman–Crippen MR) is 66.0 cm³/mol. The second kappa shape index (κ2) is 3.76. The molecule has 2 fully saturated rings. The molecular weight excluding hydrogens is 182 g/mol. The van der Waals surface area contributed by atoms with Gasteiger partial charge in [0.2, 0.25) is 0 Å². The van der Waals surface area contributed by atoms with E-state index < -0.39 is 0 Å². The van der Waals surface area contributed by atoms with Crippen LogP contribution in [0.2, 0.25) is 0 Å². The average Bonchev–Trinajstić information content (AvgIpc) is 2.91. The first-order valence-corrected chi connectivity index (χ1v) is 6.63. The van der Waals surface area contributed by atoms with Crippen LogP contribution in [0.3, 0.4) is 0 Å². The van der Waals surface area contributed by atoms with Gasteiger partial charge in [0.15, 0.2) is 0 Å². The van der Waals surface area contributed by atoms with Gasteiger partial charge in [-0.1, -0.05) is 27.7 Å². The molecule has 15 heavy (non-hydrogen) atoms. The molecular formula is C14H27N. The molecule has 88 valence electrons. The van der Waals surface area contributed by atoms with Gasteiger partial charge in [0, 0.05) is 6.54 Å². The molecule has 0 radical (unpaired) electrons. The second-order valence-corrected chi connectivity index (χ2v) is 7.05. The lowest BCUT2D eigenvalue weighted by molar-refractivity contribution is 0.0210. The molecule has 1 saturated heterocycles. The van der Waals surface area contributed by atoms with Crippen molar-refractivity contribution >= 4 is 0 Å². The monoisotopic (exact) mass is 209 g/mol. The van der Waals surface area contributed by atoms with Crippen molar-refractivity contribution in [2.45, 2.75) is 53.4 Å². The van der Waals surface area contributed by atoms with Gasteiger partial charge in [-0.15, -0.1) is 0 Å². The third-order valence-corrected chi connectivity index (χ3v) is 4.98. The number of piperidine rings is 1. The SMILES string of the molecule is CC(C)(C)C1(C)CCN(CC2CC2)CC1. The Hall–Kier alpha value is -0.0400. The van der Waals surface area contributed by atoms with Gasteiger partial charge < -0.3 is 4.90 Å². The van der Waals surface area contributed by atoms with E-state index in [0.717, 1.165) is 5.92 Å². The summed E-state index contributed by atoms with van der Waals surface area (Å²) < 4.78 is 0. The lowest BCUT2D eigenvalue weighted by Gasteiger charge is -2.48. The minimum atomic E-state index is 0.471. The Morgan fingerprint density at radius 3 is 2.07 bits per heavy atom. The Kier molecular flexibility index (Phi) is 2.87. The topological polar surface area (TPSA) is 3.24 Å². The van der Waals surface area contributed by atoms with Crippen LogP contribution in [0.1, 0.15) is 53.4 Å². The van der Waals surface area contributed by atoms with E-state index in [0.29, 0.717) is 10.8 Å². The molecule has 2 aliphatic rings. The van der Waals surface area contributed by atoms with Gasteiger partial charge in [-0.2, -0.15) is 0 Å². The molecule has 0 aromatic rings. The molecule has 1 aliphatic heterocycles. The number of hydrogen-bond donors (Lipinski definition) is 0. The number of likely N-dealkylation sites (tertiary alicyclic amines) is 1. The highest BCUT2D eigenvalue weighted by atomic mass is 15.1. The first-order chi connectivity index (χ1) is 6.91. The number of hydrogen-bond acceptors (Lipinski definition) is 1. The summed E-state index contributed by atoms with van der Waals surface area (Å²) in [6, 6.07) is 0. The third kappa shape index (κ3) is 2.55. The Bertz CT molecular complexity index is 214. The van der Waals surface area contributed by atoms with Crippen LogP contribution in [0, 0.1) is 16.7 Å². The van der Waals surface area contributed by atoms with Crippen LogP contribution in [0.15, 0.2) is 0 Å². The van der Waals surface area contributed by atoms with Crippen LogP contribution in [0.4, 0.5) is 0 Å². The molecule has 1 heterocycles. The molecule has 0 atom stereocenters. The highest BCUT2D eigenvalue weighted by Gasteiger charge is 2.40. The first kappa shape index (κ1) is 11.4. The summed E-state index contributed by atoms with van der Waals surface area (Å²) in [7, 11) is 0. The Labute approximate surface area is 95.2 Å². The molecule has 1 aliphatic carbocycles. The van der Waals surface area contributed by atoms with Crippen LogP contribution in [0.25, 0.3) is 0 Å². The number of nitrogens with zero attached hydrogens (tertiary/aromatic N) is 1. The molecule has 0 amide bonds. The molecule has 0 spiro atoms. The van der Waals surface area contributed by atoms with Crippen molar-refractivity contribution in [3.8, 4) is 0 Å². The van der Waals surface area contributed by atoms with E-state index >= 15 is 0 Å². The minimum absolute atomic E-state index is 0.471. The predicted octanol–water partition coefficient (Wildman–Crippen LogP) is 3.54. The molecule has 0 aromatic carbocycles. The molecule has 0 unspecified atom stereocenters. The second-order valence-electron chi connectivity index (χ2n) is 7.05. The lowest BCUT2D eigenvalue weighted by atomic mass is 9.63. The normalized spacial score (nSPS) is 28.0. The van der Waals surface area contributed by atoms with Gasteiger partial charge in [-0.25, -0.2) is 0 Å². The maximum Gasteiger partial charge on any atom is 0.000967 e. The zero-order chi connectivity index (χ0) is 11.1. The Morgan fingerprint density at radius 2 is 1.67 bits per heavy atom. The van der Waals surface area contributed by atoms with Crippen molar-refractivity contribution in [2.24, 2.45) is 16.7 Å². The molecule has 1 nitrogen and oxygen atoms in total. The molecule has 0 bridgehead atoms. The van der Waals surface area contributed by atoms with E-state index in [4.69, 9.17) is 0 Å². The van der Waals surface area contributed by atoms with Gasteiger partial charge in [-0.3, -0.25) is 0 Å². The Balaban J connectivity index is 1.84. The fourth-order valence-corrected chi connectivity index (χ4v) is 2.64. The third-order valence-electron chi connectivity index (χ3n) is 4.98. The molecule has 1 heteroatoms. The van der Waals surface area contributed by atoms with Crippen LogP contribution < -0.4 is 0 Å². The van der Waals surface area contributed by atoms with Crippen molar-refractivity contribution in [3.63, 3.8) is 0 Å². The first-order valence-electron chi connectivity index (χ1n) is 6.63. The Morgan fingerprint density at radius 1 is 1.13 bits per heavy atom. The lowest BCUT2D eigenvalue weighted by Crippen LogP contribution is -2.45. The molecule has 0 aromatic heterocycles. The van der Waals surface area contributed by atoms with Crippen LogP contribution >= 0.6 is 0 Å². The maximum absolute atomic E-state index is 2.70. The summed E-state index contributed by atoms with van der Waals surface area (Å²) in [5.74, 6) is 1.06. The standard InChI is InChI=1S/C14H27N/c1-13(2,3)14(4)7-9-15(10-8-14)11-12-5-6-12/h12H,5-11H2,1-4H3. The van der Waals surface area contributed by atoms with Crippen molar-refractivity contribution < 1.29 is 0 Å². The zero-order valence-electron chi connectivity index (χ0n) is 11.0. The van der Waals surface area contributed by atoms with E-state index in [1.807, 2.05) is 0 Å². The van der Waals surface area contributed by atoms with Gasteiger partial charge >= 0.3 is 0 Å². The zero-order valence-corrected chi connectivity index (χ0v) is 11.0. The number of rotatable bonds is 2. The van der Waals surface area contributed by atoms with Gasteiger partial charge in [-0.05, 0) is 55.5 Å². The highest BCUT2D eigenvalue weighted by molar-refractivity contribution is 4.92. The fraction of sp³-hybridized carbons (Fsp3) is 1.00. The molecule has 2 rings (SSSR count). The summed E-state index contributed by atoms with van der Waals surface area (Å²) in [5, 5.41) is 0. The van der Waals surface area contributed by atoms with Crippen LogP contribution in [-0.2, 0) is 0 Å². The summed E-state index contributed by atoms with van der Waals surface area (Å²) >= 11 is 0. The largest absolute Gasteiger partial charge is 0.303 e. The summed E-state index contributed by atoms with van der Waals surface area (Å²) in [6.45, 7) is 13.8. The van der Waals surface area contributed by atoms with E-state index in [2.05, 4.69) is 32.6 Å². The van der Waals surface area contributed by atoms with Crippen LogP contribution in [-0.4, -0.2) is 24.5 Å². The maximum atomic E-state index is 2.70. The average molecular weight is 209 g/mol. The summed E-state index contributed by atoms with van der Waals surface area (Å²) in [5.41, 5.74) is 1.03. The van der Waals surface area contributed by atoms with Gasteiger partial charge in [0.25, 0.3) is 0 Å². The fourth-order valence-electron chi connectivity index (χ4n) is 2.64. The van der Waals surface area contributed by atoms with E-state index in [9.17, 15) is 0 Å². The van der Waals surface area contributed by atoms with E-state index in [1.165, 1.54) is 45.3 Å². The smallest absolute Gasteiger partial charge is 0.000967 e. The summed E-state index contributed by atoms with van der Waals surface area (Å²) in [6.07, 6.45) is 5.77. The van der Waals surface area contributed by atoms with Crippen molar-refractivity contribution in [1.82, 2.24) is 4.90 Å². The molecule has 1 saturated carbocycles. The van der Waals surface area contributed by atoms with Gasteiger partial charge in [0.1, 0.15) is 0 Å². The molecule has 0 N–H and O–H groups in total. The minimum Gasteiger partial charge on any atom is -0.303 e. The van der Waals surface area contributed by atoms with Crippen LogP contribution in [0.5, 0.6) is 0 Å².